The molecule has 0 amide bonds. The predicted octanol–water partition coefficient (Wildman–Crippen LogP) is 3.30. The molecule has 1 fully saturated rings. The Hall–Kier alpha value is -1.39. The molecule has 1 N–H and O–H groups in total. The third kappa shape index (κ3) is 3.02. The lowest BCUT2D eigenvalue weighted by Crippen LogP contribution is -2.23. The van der Waals surface area contributed by atoms with E-state index in [-0.39, 0.29) is 0 Å². The second-order valence-electron chi connectivity index (χ2n) is 5.59. The Morgan fingerprint density at radius 3 is 2.85 bits per heavy atom. The van der Waals surface area contributed by atoms with E-state index in [1.54, 1.807) is 0 Å². The summed E-state index contributed by atoms with van der Waals surface area (Å²) in [6, 6.07) is 6.28. The van der Waals surface area contributed by atoms with Crippen LogP contribution in [0.5, 0.6) is 0 Å². The van der Waals surface area contributed by atoms with Crippen molar-refractivity contribution in [2.24, 2.45) is 0 Å². The Kier molecular flexibility index (Phi) is 3.76. The van der Waals surface area contributed by atoms with Gasteiger partial charge in [0.15, 0.2) is 5.82 Å². The first-order valence-corrected chi connectivity index (χ1v) is 7.46. The van der Waals surface area contributed by atoms with E-state index in [9.17, 15) is 0 Å². The zero-order valence-corrected chi connectivity index (χ0v) is 12.6. The number of pyridine rings is 1. The van der Waals surface area contributed by atoms with Crippen molar-refractivity contribution in [2.75, 3.05) is 0 Å². The van der Waals surface area contributed by atoms with Gasteiger partial charge in [0.25, 0.3) is 0 Å². The first-order chi connectivity index (χ1) is 9.63. The number of nitrogens with one attached hydrogen (secondary N) is 1. The summed E-state index contributed by atoms with van der Waals surface area (Å²) in [7, 11) is 0. The number of hydrogen-bond donors (Lipinski definition) is 1. The molecule has 2 aromatic rings. The summed E-state index contributed by atoms with van der Waals surface area (Å²) in [5.41, 5.74) is 2.03. The molecule has 3 rings (SSSR count). The maximum Gasteiger partial charge on any atom is 0.153 e. The summed E-state index contributed by atoms with van der Waals surface area (Å²) < 4.78 is 1.84. The number of aromatic nitrogens is 3. The van der Waals surface area contributed by atoms with E-state index in [0.29, 0.717) is 23.5 Å². The Labute approximate surface area is 124 Å². The third-order valence-corrected chi connectivity index (χ3v) is 3.77. The van der Waals surface area contributed by atoms with Crippen molar-refractivity contribution in [1.29, 1.82) is 0 Å². The van der Waals surface area contributed by atoms with Gasteiger partial charge in [-0.15, -0.1) is 0 Å². The molecule has 1 aliphatic rings. The van der Waals surface area contributed by atoms with Crippen LogP contribution < -0.4 is 5.32 Å². The van der Waals surface area contributed by atoms with Crippen LogP contribution in [0.15, 0.2) is 24.4 Å². The van der Waals surface area contributed by atoms with Gasteiger partial charge < -0.3 is 5.32 Å². The monoisotopic (exact) mass is 290 g/mol. The standard InChI is InChI=1S/C15H19ClN4/c1-10(2)17-9-14-12(16)5-6-15(18-14)20-8-7-13(19-20)11-3-4-11/h5-8,10-11,17H,3-4,9H2,1-2H3. The number of nitrogens with zero attached hydrogens (tertiary/aromatic N) is 3. The molecule has 20 heavy (non-hydrogen) atoms. The molecular weight excluding hydrogens is 272 g/mol. The molecule has 0 radical (unpaired) electrons. The van der Waals surface area contributed by atoms with E-state index in [1.165, 1.54) is 18.5 Å². The highest BCUT2D eigenvalue weighted by Crippen LogP contribution is 2.39. The van der Waals surface area contributed by atoms with Gasteiger partial charge in [0, 0.05) is 24.7 Å². The highest BCUT2D eigenvalue weighted by molar-refractivity contribution is 6.31. The molecular formula is C15H19ClN4. The topological polar surface area (TPSA) is 42.7 Å². The van der Waals surface area contributed by atoms with Gasteiger partial charge in [-0.1, -0.05) is 25.4 Å². The van der Waals surface area contributed by atoms with Crippen LogP contribution in [0.3, 0.4) is 0 Å². The molecule has 1 saturated carbocycles. The Bertz CT molecular complexity index is 602. The van der Waals surface area contributed by atoms with Crippen LogP contribution in [-0.4, -0.2) is 20.8 Å². The van der Waals surface area contributed by atoms with Crippen molar-refractivity contribution in [3.8, 4) is 5.82 Å². The smallest absolute Gasteiger partial charge is 0.153 e. The molecule has 2 heterocycles. The van der Waals surface area contributed by atoms with Crippen molar-refractivity contribution in [3.05, 3.63) is 40.8 Å². The van der Waals surface area contributed by atoms with Crippen LogP contribution in [0.25, 0.3) is 5.82 Å². The van der Waals surface area contributed by atoms with Crippen molar-refractivity contribution in [3.63, 3.8) is 0 Å². The van der Waals surface area contributed by atoms with Crippen molar-refractivity contribution < 1.29 is 0 Å². The molecule has 4 nitrogen and oxygen atoms in total. The first kappa shape index (κ1) is 13.6. The van der Waals surface area contributed by atoms with Gasteiger partial charge in [0.05, 0.1) is 16.4 Å². The fourth-order valence-electron chi connectivity index (χ4n) is 2.09. The molecule has 0 unspecified atom stereocenters. The summed E-state index contributed by atoms with van der Waals surface area (Å²) in [5.74, 6) is 1.48. The number of halogens is 1. The van der Waals surface area contributed by atoms with E-state index in [2.05, 4.69) is 35.3 Å². The van der Waals surface area contributed by atoms with Gasteiger partial charge in [-0.25, -0.2) is 9.67 Å². The van der Waals surface area contributed by atoms with E-state index in [0.717, 1.165) is 11.5 Å². The molecule has 0 saturated heterocycles. The summed E-state index contributed by atoms with van der Waals surface area (Å²) >= 11 is 6.20. The number of rotatable bonds is 5. The molecule has 0 atom stereocenters. The van der Waals surface area contributed by atoms with Gasteiger partial charge in [-0.2, -0.15) is 5.10 Å². The maximum atomic E-state index is 6.20. The first-order valence-electron chi connectivity index (χ1n) is 7.08. The Balaban J connectivity index is 1.83. The fraction of sp³-hybridized carbons (Fsp3) is 0.467. The zero-order valence-electron chi connectivity index (χ0n) is 11.8. The summed E-state index contributed by atoms with van der Waals surface area (Å²) in [6.07, 6.45) is 4.49. The quantitative estimate of drug-likeness (QED) is 0.919. The normalized spacial score (nSPS) is 15.0. The second-order valence-corrected chi connectivity index (χ2v) is 6.00. The molecule has 0 bridgehead atoms. The average molecular weight is 291 g/mol. The van der Waals surface area contributed by atoms with Crippen LogP contribution in [0.4, 0.5) is 0 Å². The zero-order chi connectivity index (χ0) is 14.1. The highest BCUT2D eigenvalue weighted by atomic mass is 35.5. The minimum Gasteiger partial charge on any atom is -0.309 e. The Morgan fingerprint density at radius 1 is 1.35 bits per heavy atom. The van der Waals surface area contributed by atoms with Gasteiger partial charge in [-0.05, 0) is 31.0 Å². The van der Waals surface area contributed by atoms with Crippen LogP contribution >= 0.6 is 11.6 Å². The molecule has 0 aromatic carbocycles. The summed E-state index contributed by atoms with van der Waals surface area (Å²) in [5, 5.41) is 8.63. The van der Waals surface area contributed by atoms with E-state index in [1.807, 2.05) is 23.0 Å². The SMILES string of the molecule is CC(C)NCc1nc(-n2ccc(C3CC3)n2)ccc1Cl. The number of hydrogen-bond acceptors (Lipinski definition) is 3. The van der Waals surface area contributed by atoms with Crippen molar-refractivity contribution in [1.82, 2.24) is 20.1 Å². The minimum absolute atomic E-state index is 0.405. The van der Waals surface area contributed by atoms with Crippen molar-refractivity contribution >= 4 is 11.6 Å². The van der Waals surface area contributed by atoms with Crippen molar-refractivity contribution in [2.45, 2.75) is 45.2 Å². The maximum absolute atomic E-state index is 6.20. The van der Waals surface area contributed by atoms with Gasteiger partial charge in [0.1, 0.15) is 0 Å². The summed E-state index contributed by atoms with van der Waals surface area (Å²) in [6.45, 7) is 4.88. The lowest BCUT2D eigenvalue weighted by molar-refractivity contribution is 0.580. The minimum atomic E-state index is 0.405. The molecule has 2 aromatic heterocycles. The molecule has 1 aliphatic carbocycles. The van der Waals surface area contributed by atoms with E-state index < -0.39 is 0 Å². The van der Waals surface area contributed by atoms with Gasteiger partial charge in [0.2, 0.25) is 0 Å². The lowest BCUT2D eigenvalue weighted by atomic mass is 10.3. The van der Waals surface area contributed by atoms with E-state index in [4.69, 9.17) is 11.6 Å². The molecule has 5 heteroatoms. The lowest BCUT2D eigenvalue weighted by Gasteiger charge is -2.10. The highest BCUT2D eigenvalue weighted by Gasteiger charge is 2.26. The average Bonchev–Trinajstić information content (AvgIpc) is 3.16. The molecule has 106 valence electrons. The third-order valence-electron chi connectivity index (χ3n) is 3.42. The predicted molar refractivity (Wildman–Crippen MR) is 80.3 cm³/mol. The van der Waals surface area contributed by atoms with E-state index >= 15 is 0 Å². The Morgan fingerprint density at radius 2 is 2.15 bits per heavy atom. The van der Waals surface area contributed by atoms with Crippen LogP contribution in [-0.2, 0) is 6.54 Å². The fourth-order valence-corrected chi connectivity index (χ4v) is 2.26. The van der Waals surface area contributed by atoms with Gasteiger partial charge >= 0.3 is 0 Å². The van der Waals surface area contributed by atoms with Crippen LogP contribution in [0.2, 0.25) is 5.02 Å². The molecule has 0 aliphatic heterocycles. The summed E-state index contributed by atoms with van der Waals surface area (Å²) in [4.78, 5) is 4.61. The van der Waals surface area contributed by atoms with Crippen LogP contribution in [0.1, 0.15) is 44.0 Å². The molecule has 0 spiro atoms. The second kappa shape index (κ2) is 5.54. The van der Waals surface area contributed by atoms with Gasteiger partial charge in [-0.3, -0.25) is 0 Å². The van der Waals surface area contributed by atoms with Crippen LogP contribution in [0, 0.1) is 0 Å². The largest absolute Gasteiger partial charge is 0.309 e.